The lowest BCUT2D eigenvalue weighted by atomic mass is 9.80. The lowest BCUT2D eigenvalue weighted by molar-refractivity contribution is 0.0909. The molecule has 7 aromatic rings. The van der Waals surface area contributed by atoms with Crippen LogP contribution < -0.4 is 0 Å². The average Bonchev–Trinajstić information content (AvgIpc) is 3.40. The second kappa shape index (κ2) is 24.5. The monoisotopic (exact) mass is 996 g/mol. The Morgan fingerprint density at radius 2 is 0.360 bits per heavy atom. The van der Waals surface area contributed by atoms with Gasteiger partial charge >= 0.3 is 0 Å². The molecule has 0 amide bonds. The first kappa shape index (κ1) is 54.3. The number of carbonyl (C=O) groups excluding carboxylic acids is 9. The van der Waals surface area contributed by atoms with Crippen molar-refractivity contribution in [1.82, 2.24) is 0 Å². The van der Waals surface area contributed by atoms with Gasteiger partial charge in [-0.3, -0.25) is 43.2 Å². The second-order valence-corrected chi connectivity index (χ2v) is 19.7. The van der Waals surface area contributed by atoms with Gasteiger partial charge in [0.1, 0.15) is 0 Å². The standard InChI is InChI=1S/C66H60O9/c1-40(67)52-19-7-46(8-20-52)31-58(32-47-9-21-53(22-10-47)41(2)68)64(73)61-37-62(65(74)59(33-48-11-23-54(24-12-48)42(3)69)34-49-13-25-55(26-14-49)43(4)70)39-63(38-61)66(75)60(35-50-15-27-56(28-16-50)44(5)71)36-51-17-29-57(30-18-51)45(6)72/h7-30,37-39,58-60H,31-36H2,1-6H3. The lowest BCUT2D eigenvalue weighted by Crippen LogP contribution is -2.25. The molecular weight excluding hydrogens is 937 g/mol. The summed E-state index contributed by atoms with van der Waals surface area (Å²) in [6.07, 6.45) is 1.48. The molecule has 0 heterocycles. The molecule has 0 bridgehead atoms. The molecule has 378 valence electrons. The van der Waals surface area contributed by atoms with Gasteiger partial charge in [0, 0.05) is 67.8 Å². The molecule has 75 heavy (non-hydrogen) atoms. The first-order chi connectivity index (χ1) is 35.8. The maximum absolute atomic E-state index is 15.5. The van der Waals surface area contributed by atoms with Crippen LogP contribution >= 0.6 is 0 Å². The van der Waals surface area contributed by atoms with Crippen molar-refractivity contribution in [2.75, 3.05) is 0 Å². The van der Waals surface area contributed by atoms with Crippen LogP contribution in [-0.4, -0.2) is 52.0 Å². The van der Waals surface area contributed by atoms with Crippen LogP contribution in [0.3, 0.4) is 0 Å². The van der Waals surface area contributed by atoms with Crippen LogP contribution in [0.1, 0.15) is 168 Å². The average molecular weight is 997 g/mol. The fourth-order valence-corrected chi connectivity index (χ4v) is 9.49. The van der Waals surface area contributed by atoms with Crippen molar-refractivity contribution in [3.05, 3.63) is 247 Å². The maximum atomic E-state index is 15.5. The molecular formula is C66H60O9. The number of hydrogen-bond donors (Lipinski definition) is 0. The van der Waals surface area contributed by atoms with Gasteiger partial charge in [0.25, 0.3) is 0 Å². The molecule has 7 rings (SSSR count). The van der Waals surface area contributed by atoms with Gasteiger partial charge in [-0.2, -0.15) is 0 Å². The molecule has 0 saturated carbocycles. The predicted octanol–water partition coefficient (Wildman–Crippen LogP) is 12.8. The number of hydrogen-bond acceptors (Lipinski definition) is 9. The molecule has 0 aliphatic heterocycles. The minimum Gasteiger partial charge on any atom is -0.295 e. The molecule has 0 saturated heterocycles. The molecule has 9 nitrogen and oxygen atoms in total. The van der Waals surface area contributed by atoms with Gasteiger partial charge in [-0.15, -0.1) is 0 Å². The third kappa shape index (κ3) is 14.4. The minimum absolute atomic E-state index is 0.0997. The Morgan fingerprint density at radius 1 is 0.227 bits per heavy atom. The molecule has 9 heteroatoms. The van der Waals surface area contributed by atoms with Crippen molar-refractivity contribution >= 4 is 52.0 Å². The van der Waals surface area contributed by atoms with E-state index in [0.29, 0.717) is 33.4 Å². The fourth-order valence-electron chi connectivity index (χ4n) is 9.49. The van der Waals surface area contributed by atoms with Crippen molar-refractivity contribution in [1.29, 1.82) is 0 Å². The van der Waals surface area contributed by atoms with Crippen molar-refractivity contribution < 1.29 is 43.2 Å². The number of benzene rings is 7. The molecule has 0 N–H and O–H groups in total. The van der Waals surface area contributed by atoms with Gasteiger partial charge in [0.15, 0.2) is 52.0 Å². The van der Waals surface area contributed by atoms with Crippen LogP contribution in [0.25, 0.3) is 0 Å². The first-order valence-corrected chi connectivity index (χ1v) is 25.2. The summed E-state index contributed by atoms with van der Waals surface area (Å²) < 4.78 is 0. The Balaban J connectivity index is 1.37. The fraction of sp³-hybridized carbons (Fsp3) is 0.227. The van der Waals surface area contributed by atoms with Gasteiger partial charge in [-0.25, -0.2) is 0 Å². The van der Waals surface area contributed by atoms with E-state index in [2.05, 4.69) is 0 Å². The molecule has 0 spiro atoms. The van der Waals surface area contributed by atoms with E-state index in [1.165, 1.54) is 41.5 Å². The van der Waals surface area contributed by atoms with Crippen molar-refractivity contribution in [2.45, 2.75) is 80.1 Å². The molecule has 0 fully saturated rings. The van der Waals surface area contributed by atoms with Gasteiger partial charge < -0.3 is 0 Å². The second-order valence-electron chi connectivity index (χ2n) is 19.7. The Labute approximate surface area is 438 Å². The van der Waals surface area contributed by atoms with Crippen LogP contribution in [0.4, 0.5) is 0 Å². The zero-order valence-electron chi connectivity index (χ0n) is 43.2. The van der Waals surface area contributed by atoms with Gasteiger partial charge in [0.05, 0.1) is 0 Å². The summed E-state index contributed by atoms with van der Waals surface area (Å²) in [5.74, 6) is -3.74. The molecule has 0 aromatic heterocycles. The SMILES string of the molecule is CC(=O)c1ccc(CC(Cc2ccc(C(C)=O)cc2)C(=O)c2cc(C(=O)C(Cc3ccc(C(C)=O)cc3)Cc3ccc(C(C)=O)cc3)cc(C(=O)C(Cc3ccc(C(C)=O)cc3)Cc3ccc(C(C)=O)cc3)c2)cc1. The Hall–Kier alpha value is -8.43. The van der Waals surface area contributed by atoms with E-state index in [-0.39, 0.29) is 107 Å². The van der Waals surface area contributed by atoms with Gasteiger partial charge in [-0.05, 0) is 132 Å². The van der Waals surface area contributed by atoms with Crippen molar-refractivity contribution in [2.24, 2.45) is 17.8 Å². The first-order valence-electron chi connectivity index (χ1n) is 25.2. The summed E-state index contributed by atoms with van der Waals surface area (Å²) >= 11 is 0. The van der Waals surface area contributed by atoms with E-state index >= 15 is 14.4 Å². The topological polar surface area (TPSA) is 154 Å². The Kier molecular flexibility index (Phi) is 17.8. The minimum atomic E-state index is -0.726. The van der Waals surface area contributed by atoms with Crippen LogP contribution in [-0.2, 0) is 38.5 Å². The Morgan fingerprint density at radius 3 is 0.480 bits per heavy atom. The van der Waals surface area contributed by atoms with Gasteiger partial charge in [0.2, 0.25) is 0 Å². The number of carbonyl (C=O) groups is 9. The highest BCUT2D eigenvalue weighted by Crippen LogP contribution is 2.29. The number of rotatable bonds is 24. The summed E-state index contributed by atoms with van der Waals surface area (Å²) in [4.78, 5) is 120. The summed E-state index contributed by atoms with van der Waals surface area (Å²) in [6, 6.07) is 47.2. The van der Waals surface area contributed by atoms with Crippen LogP contribution in [0.2, 0.25) is 0 Å². The van der Waals surface area contributed by atoms with E-state index in [4.69, 9.17) is 0 Å². The highest BCUT2D eigenvalue weighted by molar-refractivity contribution is 6.08. The largest absolute Gasteiger partial charge is 0.295 e. The molecule has 0 atom stereocenters. The van der Waals surface area contributed by atoms with Gasteiger partial charge in [-0.1, -0.05) is 146 Å². The smallest absolute Gasteiger partial charge is 0.166 e. The number of Topliss-reactive ketones (excluding diaryl/α,β-unsaturated/α-hetero) is 9. The third-order valence-electron chi connectivity index (χ3n) is 14.0. The van der Waals surface area contributed by atoms with E-state index in [9.17, 15) is 28.8 Å². The van der Waals surface area contributed by atoms with Crippen LogP contribution in [0, 0.1) is 17.8 Å². The molecule has 0 aliphatic rings. The van der Waals surface area contributed by atoms with E-state index in [1.54, 1.807) is 91.0 Å². The van der Waals surface area contributed by atoms with Crippen LogP contribution in [0.15, 0.2) is 164 Å². The highest BCUT2D eigenvalue weighted by atomic mass is 16.2. The van der Waals surface area contributed by atoms with Crippen molar-refractivity contribution in [3.63, 3.8) is 0 Å². The molecule has 7 aromatic carbocycles. The molecule has 0 radical (unpaired) electrons. The predicted molar refractivity (Wildman–Crippen MR) is 291 cm³/mol. The highest BCUT2D eigenvalue weighted by Gasteiger charge is 2.30. The quantitative estimate of drug-likeness (QED) is 0.0538. The molecule has 0 aliphatic carbocycles. The summed E-state index contributed by atoms with van der Waals surface area (Å²) in [6.45, 7) is 8.90. The lowest BCUT2D eigenvalue weighted by Gasteiger charge is -2.21. The summed E-state index contributed by atoms with van der Waals surface area (Å²) in [7, 11) is 0. The van der Waals surface area contributed by atoms with E-state index in [0.717, 1.165) is 33.4 Å². The third-order valence-corrected chi connectivity index (χ3v) is 14.0. The maximum Gasteiger partial charge on any atom is 0.166 e. The summed E-state index contributed by atoms with van der Waals surface area (Å²) in [5, 5.41) is 0. The normalized spacial score (nSPS) is 11.2. The molecule has 0 unspecified atom stereocenters. The Bertz CT molecular complexity index is 2740. The zero-order valence-corrected chi connectivity index (χ0v) is 43.2. The summed E-state index contributed by atoms with van der Waals surface area (Å²) in [5.41, 5.74) is 8.35. The van der Waals surface area contributed by atoms with Crippen LogP contribution in [0.5, 0.6) is 0 Å². The van der Waals surface area contributed by atoms with E-state index < -0.39 is 17.8 Å². The zero-order chi connectivity index (χ0) is 53.9. The van der Waals surface area contributed by atoms with E-state index in [1.807, 2.05) is 72.8 Å². The number of ketones is 9. The van der Waals surface area contributed by atoms with Crippen molar-refractivity contribution in [3.8, 4) is 0 Å².